The van der Waals surface area contributed by atoms with Gasteiger partial charge in [-0.05, 0) is 34.7 Å². The molecule has 0 unspecified atom stereocenters. The van der Waals surface area contributed by atoms with E-state index in [0.29, 0.717) is 6.07 Å². The van der Waals surface area contributed by atoms with E-state index in [9.17, 15) is 26.3 Å². The van der Waals surface area contributed by atoms with Gasteiger partial charge < -0.3 is 5.11 Å². The van der Waals surface area contributed by atoms with Crippen molar-refractivity contribution in [2.75, 3.05) is 0 Å². The molecule has 0 saturated carbocycles. The summed E-state index contributed by atoms with van der Waals surface area (Å²) in [5.74, 6) is -0.832. The summed E-state index contributed by atoms with van der Waals surface area (Å²) in [6.45, 7) is 0. The zero-order valence-electron chi connectivity index (χ0n) is 7.25. The summed E-state index contributed by atoms with van der Waals surface area (Å²) in [5, 5.41) is 8.98. The Hall–Kier alpha value is -0.670. The summed E-state index contributed by atoms with van der Waals surface area (Å²) < 4.78 is 73.3. The highest BCUT2D eigenvalue weighted by Crippen LogP contribution is 2.44. The average Bonchev–Trinajstić information content (AvgIpc) is 2.05. The maximum atomic E-state index is 12.4. The summed E-state index contributed by atoms with van der Waals surface area (Å²) in [6, 6.07) is 0.792. The van der Waals surface area contributed by atoms with E-state index in [1.807, 2.05) is 0 Å². The Labute approximate surface area is 99.2 Å². The van der Waals surface area contributed by atoms with Crippen LogP contribution in [-0.4, -0.2) is 5.11 Å². The van der Waals surface area contributed by atoms with Crippen LogP contribution in [0.25, 0.3) is 0 Å². The molecule has 0 heterocycles. The van der Waals surface area contributed by atoms with Gasteiger partial charge in [0, 0.05) is 0 Å². The number of halogens is 7. The first kappa shape index (κ1) is 13.4. The van der Waals surface area contributed by atoms with Crippen LogP contribution in [0.15, 0.2) is 12.1 Å². The third-order valence-electron chi connectivity index (χ3n) is 1.71. The molecule has 0 spiro atoms. The maximum Gasteiger partial charge on any atom is 0.418 e. The van der Waals surface area contributed by atoms with Gasteiger partial charge in [-0.2, -0.15) is 26.3 Å². The fourth-order valence-corrected chi connectivity index (χ4v) is 1.85. The van der Waals surface area contributed by atoms with Crippen molar-refractivity contribution < 1.29 is 31.4 Å². The van der Waals surface area contributed by atoms with Crippen LogP contribution < -0.4 is 0 Å². The summed E-state index contributed by atoms with van der Waals surface area (Å²) in [6.07, 6.45) is -10.3. The predicted octanol–water partition coefficient (Wildman–Crippen LogP) is 4.03. The molecular weight excluding hydrogens is 353 g/mol. The second kappa shape index (κ2) is 3.97. The first-order valence-corrected chi connectivity index (χ1v) is 4.79. The van der Waals surface area contributed by atoms with Gasteiger partial charge in [-0.3, -0.25) is 0 Å². The molecule has 0 saturated heterocycles. The van der Waals surface area contributed by atoms with Crippen LogP contribution >= 0.6 is 22.6 Å². The van der Waals surface area contributed by atoms with E-state index in [1.165, 1.54) is 0 Å². The lowest BCUT2D eigenvalue weighted by Crippen LogP contribution is -2.18. The molecule has 1 nitrogen and oxygen atoms in total. The fourth-order valence-electron chi connectivity index (χ4n) is 1.08. The lowest BCUT2D eigenvalue weighted by molar-refractivity contribution is -0.162. The lowest BCUT2D eigenvalue weighted by atomic mass is 10.1. The molecule has 1 aromatic rings. The van der Waals surface area contributed by atoms with Crippen LogP contribution in [0.4, 0.5) is 26.3 Å². The minimum atomic E-state index is -5.17. The van der Waals surface area contributed by atoms with Crippen LogP contribution in [0.5, 0.6) is 5.75 Å². The standard InChI is InChI=1S/C8H3F6IO/c9-7(10,11)3-1-2-4(16)6(15)5(3)8(12,13)14/h1-2,16H. The Bertz CT molecular complexity index is 408. The minimum absolute atomic E-state index is 0.209. The van der Waals surface area contributed by atoms with E-state index in [1.54, 1.807) is 0 Å². The predicted molar refractivity (Wildman–Crippen MR) is 50.8 cm³/mol. The van der Waals surface area contributed by atoms with Crippen molar-refractivity contribution in [2.24, 2.45) is 0 Å². The number of hydrogen-bond donors (Lipinski definition) is 1. The van der Waals surface area contributed by atoms with Crippen molar-refractivity contribution in [1.29, 1.82) is 0 Å². The van der Waals surface area contributed by atoms with E-state index < -0.39 is 32.8 Å². The summed E-state index contributed by atoms with van der Waals surface area (Å²) in [7, 11) is 0. The molecule has 1 rings (SSSR count). The average molecular weight is 356 g/mol. The van der Waals surface area contributed by atoms with Crippen molar-refractivity contribution in [3.05, 3.63) is 26.8 Å². The second-order valence-corrected chi connectivity index (χ2v) is 3.90. The van der Waals surface area contributed by atoms with Crippen molar-refractivity contribution in [3.63, 3.8) is 0 Å². The molecule has 0 atom stereocenters. The van der Waals surface area contributed by atoms with E-state index >= 15 is 0 Å². The van der Waals surface area contributed by atoms with Gasteiger partial charge >= 0.3 is 12.4 Å². The minimum Gasteiger partial charge on any atom is -0.507 e. The second-order valence-electron chi connectivity index (χ2n) is 2.82. The molecule has 0 bridgehead atoms. The third kappa shape index (κ3) is 2.53. The van der Waals surface area contributed by atoms with Gasteiger partial charge in [0.05, 0.1) is 14.7 Å². The molecule has 16 heavy (non-hydrogen) atoms. The van der Waals surface area contributed by atoms with E-state index in [0.717, 1.165) is 22.6 Å². The number of aromatic hydroxyl groups is 1. The third-order valence-corrected chi connectivity index (χ3v) is 2.80. The molecule has 8 heteroatoms. The summed E-state index contributed by atoms with van der Waals surface area (Å²) in [5.41, 5.74) is -3.66. The molecule has 0 fully saturated rings. The van der Waals surface area contributed by atoms with Crippen LogP contribution in [0.3, 0.4) is 0 Å². The number of phenols is 1. The van der Waals surface area contributed by atoms with Gasteiger partial charge in [0.2, 0.25) is 0 Å². The molecule has 0 aromatic heterocycles. The Morgan fingerprint density at radius 2 is 1.44 bits per heavy atom. The Morgan fingerprint density at radius 3 is 1.81 bits per heavy atom. The van der Waals surface area contributed by atoms with Crippen molar-refractivity contribution in [1.82, 2.24) is 0 Å². The Morgan fingerprint density at radius 1 is 0.938 bits per heavy atom. The van der Waals surface area contributed by atoms with Gasteiger partial charge in [0.25, 0.3) is 0 Å². The maximum absolute atomic E-state index is 12.4. The quantitative estimate of drug-likeness (QED) is 0.550. The zero-order chi connectivity index (χ0) is 12.7. The Kier molecular flexibility index (Phi) is 3.32. The first-order chi connectivity index (χ1) is 7.05. The van der Waals surface area contributed by atoms with Gasteiger partial charge in [-0.15, -0.1) is 0 Å². The molecule has 0 aliphatic carbocycles. The normalized spacial score (nSPS) is 12.9. The van der Waals surface area contributed by atoms with Crippen molar-refractivity contribution >= 4 is 22.6 Å². The van der Waals surface area contributed by atoms with E-state index in [-0.39, 0.29) is 6.07 Å². The van der Waals surface area contributed by atoms with Gasteiger partial charge in [-0.25, -0.2) is 0 Å². The highest BCUT2D eigenvalue weighted by Gasteiger charge is 2.45. The summed E-state index contributed by atoms with van der Waals surface area (Å²) >= 11 is 1.03. The smallest absolute Gasteiger partial charge is 0.418 e. The van der Waals surface area contributed by atoms with Crippen LogP contribution in [0.1, 0.15) is 11.1 Å². The van der Waals surface area contributed by atoms with Gasteiger partial charge in [0.1, 0.15) is 5.75 Å². The molecule has 0 amide bonds. The first-order valence-electron chi connectivity index (χ1n) is 3.71. The lowest BCUT2D eigenvalue weighted by Gasteiger charge is -2.17. The highest BCUT2D eigenvalue weighted by atomic mass is 127. The van der Waals surface area contributed by atoms with Crippen LogP contribution in [0.2, 0.25) is 0 Å². The number of rotatable bonds is 0. The number of alkyl halides is 6. The molecule has 90 valence electrons. The molecular formula is C8H3F6IO. The van der Waals surface area contributed by atoms with Crippen LogP contribution in [0, 0.1) is 3.57 Å². The van der Waals surface area contributed by atoms with E-state index in [4.69, 9.17) is 5.11 Å². The number of benzene rings is 1. The van der Waals surface area contributed by atoms with Crippen molar-refractivity contribution in [2.45, 2.75) is 12.4 Å². The van der Waals surface area contributed by atoms with E-state index in [2.05, 4.69) is 0 Å². The monoisotopic (exact) mass is 356 g/mol. The molecule has 0 aliphatic rings. The number of phenolic OH excluding ortho intramolecular Hbond substituents is 1. The molecule has 0 aliphatic heterocycles. The topological polar surface area (TPSA) is 20.2 Å². The van der Waals surface area contributed by atoms with Crippen LogP contribution in [-0.2, 0) is 12.4 Å². The number of hydrogen-bond acceptors (Lipinski definition) is 1. The molecule has 1 aromatic carbocycles. The highest BCUT2D eigenvalue weighted by molar-refractivity contribution is 14.1. The zero-order valence-corrected chi connectivity index (χ0v) is 9.41. The summed E-state index contributed by atoms with van der Waals surface area (Å²) in [4.78, 5) is 0. The Balaban J connectivity index is 3.59. The fraction of sp³-hybridized carbons (Fsp3) is 0.250. The molecule has 1 N–H and O–H groups in total. The van der Waals surface area contributed by atoms with Crippen molar-refractivity contribution in [3.8, 4) is 5.75 Å². The largest absolute Gasteiger partial charge is 0.507 e. The SMILES string of the molecule is Oc1ccc(C(F)(F)F)c(C(F)(F)F)c1I. The van der Waals surface area contributed by atoms with Gasteiger partial charge in [0.15, 0.2) is 0 Å². The molecule has 0 radical (unpaired) electrons. The van der Waals surface area contributed by atoms with Gasteiger partial charge in [-0.1, -0.05) is 0 Å².